The molecular weight excluding hydrogens is 404 g/mol. The molecule has 0 unspecified atom stereocenters. The summed E-state index contributed by atoms with van der Waals surface area (Å²) >= 11 is 1.69. The van der Waals surface area contributed by atoms with Gasteiger partial charge in [-0.2, -0.15) is 0 Å². The second-order valence-electron chi connectivity index (χ2n) is 7.86. The Morgan fingerprint density at radius 2 is 1.97 bits per heavy atom. The molecule has 1 aliphatic carbocycles. The average Bonchev–Trinajstić information content (AvgIpc) is 3.39. The van der Waals surface area contributed by atoms with Gasteiger partial charge in [-0.05, 0) is 31.4 Å². The quantitative estimate of drug-likeness (QED) is 0.808. The molecule has 0 spiro atoms. The van der Waals surface area contributed by atoms with Crippen molar-refractivity contribution in [2.45, 2.75) is 26.2 Å². The lowest BCUT2D eigenvalue weighted by Crippen LogP contribution is -2.48. The molecule has 8 nitrogen and oxygen atoms in total. The maximum atomic E-state index is 12.8. The van der Waals surface area contributed by atoms with Crippen molar-refractivity contribution in [1.82, 2.24) is 9.88 Å². The second kappa shape index (κ2) is 7.79. The first-order chi connectivity index (χ1) is 14.6. The van der Waals surface area contributed by atoms with Gasteiger partial charge in [-0.3, -0.25) is 9.59 Å². The van der Waals surface area contributed by atoms with Crippen molar-refractivity contribution in [3.63, 3.8) is 0 Å². The molecule has 1 aromatic heterocycles. The third kappa shape index (κ3) is 3.69. The molecule has 3 heterocycles. The molecule has 158 valence electrons. The molecule has 2 amide bonds. The fourth-order valence-electron chi connectivity index (χ4n) is 4.15. The van der Waals surface area contributed by atoms with Crippen LogP contribution in [0.15, 0.2) is 18.2 Å². The first-order valence-electron chi connectivity index (χ1n) is 10.3. The van der Waals surface area contributed by atoms with Crippen molar-refractivity contribution >= 4 is 34.0 Å². The highest BCUT2D eigenvalue weighted by Crippen LogP contribution is 2.36. The Bertz CT molecular complexity index is 983. The largest absolute Gasteiger partial charge is 0.454 e. The van der Waals surface area contributed by atoms with Crippen LogP contribution in [0.1, 0.15) is 23.9 Å². The van der Waals surface area contributed by atoms with E-state index in [1.165, 1.54) is 4.88 Å². The summed E-state index contributed by atoms with van der Waals surface area (Å²) < 4.78 is 10.7. The minimum absolute atomic E-state index is 0.0320. The van der Waals surface area contributed by atoms with E-state index in [1.807, 2.05) is 17.0 Å². The van der Waals surface area contributed by atoms with Crippen LogP contribution in [0.5, 0.6) is 11.5 Å². The van der Waals surface area contributed by atoms with Gasteiger partial charge in [-0.25, -0.2) is 4.98 Å². The molecule has 0 saturated carbocycles. The number of piperazine rings is 1. The number of benzene rings is 1. The molecule has 2 aromatic rings. The van der Waals surface area contributed by atoms with Gasteiger partial charge in [0.1, 0.15) is 0 Å². The summed E-state index contributed by atoms with van der Waals surface area (Å²) in [5, 5.41) is 4.03. The molecule has 9 heteroatoms. The fraction of sp³-hybridized carbons (Fsp3) is 0.476. The molecular formula is C21H24N4O4S. The summed E-state index contributed by atoms with van der Waals surface area (Å²) in [6.45, 7) is 4.92. The van der Waals surface area contributed by atoms with Gasteiger partial charge in [0, 0.05) is 55.7 Å². The van der Waals surface area contributed by atoms with Crippen LogP contribution in [-0.2, 0) is 22.4 Å². The molecule has 1 N–H and O–H groups in total. The van der Waals surface area contributed by atoms with Crippen molar-refractivity contribution in [3.8, 4) is 11.5 Å². The van der Waals surface area contributed by atoms with Crippen molar-refractivity contribution in [1.29, 1.82) is 0 Å². The SMILES string of the molecule is CC(=O)N1CCN(c2nc3c(s2)C[C@H](C(=O)Nc2ccc4c(c2)OCO4)CC3)CC1. The standard InChI is InChI=1S/C21H24N4O4S/c1-13(26)24-6-8-25(9-7-24)21-23-16-4-2-14(10-19(16)30-21)20(27)22-15-3-5-17-18(11-15)29-12-28-17/h3,5,11,14H,2,4,6-10,12H2,1H3,(H,22,27)/t14-/m1/s1. The van der Waals surface area contributed by atoms with Gasteiger partial charge < -0.3 is 24.6 Å². The first-order valence-corrected chi connectivity index (χ1v) is 11.1. The average molecular weight is 429 g/mol. The molecule has 5 rings (SSSR count). The summed E-state index contributed by atoms with van der Waals surface area (Å²) in [6, 6.07) is 5.46. The van der Waals surface area contributed by atoms with E-state index in [4.69, 9.17) is 14.5 Å². The van der Waals surface area contributed by atoms with Crippen molar-refractivity contribution in [2.75, 3.05) is 43.2 Å². The highest BCUT2D eigenvalue weighted by Gasteiger charge is 2.30. The lowest BCUT2D eigenvalue weighted by atomic mass is 9.90. The van der Waals surface area contributed by atoms with Gasteiger partial charge in [0.05, 0.1) is 5.69 Å². The lowest BCUT2D eigenvalue weighted by molar-refractivity contribution is -0.129. The van der Waals surface area contributed by atoms with Crippen LogP contribution in [0.25, 0.3) is 0 Å². The topological polar surface area (TPSA) is 84.0 Å². The molecule has 2 aliphatic heterocycles. The van der Waals surface area contributed by atoms with Crippen molar-refractivity contribution in [2.24, 2.45) is 5.92 Å². The Hall–Kier alpha value is -2.81. The van der Waals surface area contributed by atoms with Gasteiger partial charge in [0.25, 0.3) is 0 Å². The number of rotatable bonds is 3. The minimum atomic E-state index is -0.0641. The van der Waals surface area contributed by atoms with E-state index < -0.39 is 0 Å². The molecule has 0 radical (unpaired) electrons. The Labute approximate surface area is 178 Å². The van der Waals surface area contributed by atoms with Crippen LogP contribution in [0.4, 0.5) is 10.8 Å². The van der Waals surface area contributed by atoms with Crippen LogP contribution in [0.2, 0.25) is 0 Å². The number of carbonyl (C=O) groups is 2. The number of nitrogens with zero attached hydrogens (tertiary/aromatic N) is 3. The summed E-state index contributed by atoms with van der Waals surface area (Å²) in [7, 11) is 0. The zero-order chi connectivity index (χ0) is 20.7. The van der Waals surface area contributed by atoms with Gasteiger partial charge in [0.15, 0.2) is 16.6 Å². The second-order valence-corrected chi connectivity index (χ2v) is 8.92. The first kappa shape index (κ1) is 19.2. The number of thiazole rings is 1. The van der Waals surface area contributed by atoms with Gasteiger partial charge in [0.2, 0.25) is 18.6 Å². The smallest absolute Gasteiger partial charge is 0.231 e. The Kier molecular flexibility index (Phi) is 4.98. The van der Waals surface area contributed by atoms with Crippen molar-refractivity contribution in [3.05, 3.63) is 28.8 Å². The number of hydrogen-bond acceptors (Lipinski definition) is 7. The molecule has 1 atom stereocenters. The monoisotopic (exact) mass is 428 g/mol. The van der Waals surface area contributed by atoms with Gasteiger partial charge in [-0.15, -0.1) is 11.3 Å². The predicted octanol–water partition coefficient (Wildman–Crippen LogP) is 2.28. The highest BCUT2D eigenvalue weighted by molar-refractivity contribution is 7.15. The zero-order valence-electron chi connectivity index (χ0n) is 16.8. The molecule has 1 saturated heterocycles. The molecule has 1 fully saturated rings. The van der Waals surface area contributed by atoms with E-state index >= 15 is 0 Å². The molecule has 3 aliphatic rings. The van der Waals surface area contributed by atoms with Gasteiger partial charge >= 0.3 is 0 Å². The van der Waals surface area contributed by atoms with Crippen LogP contribution in [0.3, 0.4) is 0 Å². The third-order valence-electron chi connectivity index (χ3n) is 5.93. The summed E-state index contributed by atoms with van der Waals surface area (Å²) in [6.07, 6.45) is 2.33. The predicted molar refractivity (Wildman–Crippen MR) is 113 cm³/mol. The maximum absolute atomic E-state index is 12.8. The number of aryl methyl sites for hydroxylation is 1. The Balaban J connectivity index is 1.22. The zero-order valence-corrected chi connectivity index (χ0v) is 17.7. The Morgan fingerprint density at radius 1 is 1.17 bits per heavy atom. The summed E-state index contributed by atoms with van der Waals surface area (Å²) in [5.41, 5.74) is 1.85. The van der Waals surface area contributed by atoms with E-state index in [-0.39, 0.29) is 24.5 Å². The van der Waals surface area contributed by atoms with Crippen molar-refractivity contribution < 1.29 is 19.1 Å². The van der Waals surface area contributed by atoms with Crippen LogP contribution in [0, 0.1) is 5.92 Å². The maximum Gasteiger partial charge on any atom is 0.231 e. The van der Waals surface area contributed by atoms with E-state index in [2.05, 4.69) is 10.2 Å². The molecule has 1 aromatic carbocycles. The summed E-state index contributed by atoms with van der Waals surface area (Å²) in [5.74, 6) is 1.46. The van der Waals surface area contributed by atoms with Gasteiger partial charge in [-0.1, -0.05) is 0 Å². The number of ether oxygens (including phenoxy) is 2. The number of amides is 2. The molecule has 0 bridgehead atoms. The number of nitrogens with one attached hydrogen (secondary N) is 1. The van der Waals surface area contributed by atoms with Crippen LogP contribution >= 0.6 is 11.3 Å². The van der Waals surface area contributed by atoms with E-state index in [0.717, 1.165) is 62.0 Å². The number of aromatic nitrogens is 1. The lowest BCUT2D eigenvalue weighted by Gasteiger charge is -2.33. The number of anilines is 2. The number of fused-ring (bicyclic) bond motifs is 2. The highest BCUT2D eigenvalue weighted by atomic mass is 32.1. The third-order valence-corrected chi connectivity index (χ3v) is 7.12. The van der Waals surface area contributed by atoms with E-state index in [9.17, 15) is 9.59 Å². The Morgan fingerprint density at radius 3 is 2.77 bits per heavy atom. The normalized spacial score (nSPS) is 20.1. The van der Waals surface area contributed by atoms with Crippen LogP contribution < -0.4 is 19.7 Å². The number of carbonyl (C=O) groups excluding carboxylic acids is 2. The number of hydrogen-bond donors (Lipinski definition) is 1. The minimum Gasteiger partial charge on any atom is -0.454 e. The van der Waals surface area contributed by atoms with E-state index in [0.29, 0.717) is 11.5 Å². The van der Waals surface area contributed by atoms with E-state index in [1.54, 1.807) is 24.3 Å². The molecule has 30 heavy (non-hydrogen) atoms. The fourth-order valence-corrected chi connectivity index (χ4v) is 5.39. The van der Waals surface area contributed by atoms with Crippen LogP contribution in [-0.4, -0.2) is 54.7 Å². The summed E-state index contributed by atoms with van der Waals surface area (Å²) in [4.78, 5) is 34.5.